The van der Waals surface area contributed by atoms with E-state index in [1.54, 1.807) is 0 Å². The quantitative estimate of drug-likeness (QED) is 0.183. The minimum atomic E-state index is -0.464. The van der Waals surface area contributed by atoms with Crippen molar-refractivity contribution in [2.24, 2.45) is 4.99 Å². The van der Waals surface area contributed by atoms with Crippen LogP contribution in [0, 0.1) is 0 Å². The van der Waals surface area contributed by atoms with Gasteiger partial charge in [0.05, 0.1) is 34.2 Å². The first-order chi connectivity index (χ1) is 26.3. The van der Waals surface area contributed by atoms with Crippen LogP contribution in [0.3, 0.4) is 0 Å². The molecule has 0 amide bonds. The molecule has 53 heavy (non-hydrogen) atoms. The summed E-state index contributed by atoms with van der Waals surface area (Å²) in [7, 11) is 0. The van der Waals surface area contributed by atoms with Gasteiger partial charge in [-0.3, -0.25) is 4.99 Å². The predicted octanol–water partition coefficient (Wildman–Crippen LogP) is 11.3. The number of hydrogen-bond acceptors (Lipinski definition) is 2. The molecule has 3 heterocycles. The van der Waals surface area contributed by atoms with Crippen LogP contribution in [-0.4, -0.2) is 22.5 Å². The highest BCUT2D eigenvalue weighted by atomic mass is 15.3. The lowest BCUT2D eigenvalue weighted by Crippen LogP contribution is -2.39. The highest BCUT2D eigenvalue weighted by Crippen LogP contribution is 2.61. The van der Waals surface area contributed by atoms with Gasteiger partial charge in [-0.2, -0.15) is 0 Å². The number of rotatable bonds is 3. The zero-order valence-electron chi connectivity index (χ0n) is 28.9. The SMILES string of the molecule is C1=CC2N=C(c3ccc(-c4ccc5c(c4)C4(c6ccccc6-c6ccccc64)c4cccc6c7ccccc7n-5c46)cc3)N(c3ccccc3)C2C=C1. The molecule has 0 saturated heterocycles. The van der Waals surface area contributed by atoms with Crippen molar-refractivity contribution in [2.45, 2.75) is 17.5 Å². The summed E-state index contributed by atoms with van der Waals surface area (Å²) in [6, 6.07) is 61.1. The zero-order chi connectivity index (χ0) is 34.7. The summed E-state index contributed by atoms with van der Waals surface area (Å²) in [5.74, 6) is 1.01. The van der Waals surface area contributed by atoms with Gasteiger partial charge in [0.15, 0.2) is 0 Å². The molecule has 0 radical (unpaired) electrons. The van der Waals surface area contributed by atoms with Crippen molar-refractivity contribution in [3.63, 3.8) is 0 Å². The normalized spacial score (nSPS) is 18.3. The van der Waals surface area contributed by atoms with Crippen LogP contribution >= 0.6 is 0 Å². The van der Waals surface area contributed by atoms with Crippen LogP contribution in [-0.2, 0) is 5.41 Å². The summed E-state index contributed by atoms with van der Waals surface area (Å²) in [5.41, 5.74) is 16.0. The Bertz CT molecular complexity index is 2860. The van der Waals surface area contributed by atoms with Crippen molar-refractivity contribution >= 4 is 33.3 Å². The zero-order valence-corrected chi connectivity index (χ0v) is 28.9. The fraction of sp³-hybridized carbons (Fsp3) is 0.0600. The fourth-order valence-electron chi connectivity index (χ4n) is 9.94. The van der Waals surface area contributed by atoms with Gasteiger partial charge in [-0.1, -0.05) is 158 Å². The van der Waals surface area contributed by atoms with E-state index in [4.69, 9.17) is 4.99 Å². The van der Waals surface area contributed by atoms with Crippen LogP contribution in [0.5, 0.6) is 0 Å². The number of para-hydroxylation sites is 3. The summed E-state index contributed by atoms with van der Waals surface area (Å²) < 4.78 is 2.52. The standard InChI is InChI=1S/C50H33N3/c1-2-13-35(14-3-1)52-47-24-11-9-22-44(47)51-49(52)33-27-25-32(26-28-33)34-29-30-46-43(31-34)50(40-19-7-4-15-36(40)37-16-5-8-20-41(37)50)42-21-12-18-39-38-17-6-10-23-45(38)53(46)48(39)42/h1-31,44,47H. The van der Waals surface area contributed by atoms with E-state index in [-0.39, 0.29) is 12.1 Å². The van der Waals surface area contributed by atoms with Crippen LogP contribution in [0.4, 0.5) is 5.69 Å². The topological polar surface area (TPSA) is 20.5 Å². The maximum Gasteiger partial charge on any atom is 0.136 e. The van der Waals surface area contributed by atoms with E-state index in [2.05, 4.69) is 198 Å². The lowest BCUT2D eigenvalue weighted by molar-refractivity contribution is 0.739. The Kier molecular flexibility index (Phi) is 5.82. The first-order valence-electron chi connectivity index (χ1n) is 18.6. The smallest absolute Gasteiger partial charge is 0.136 e. The van der Waals surface area contributed by atoms with Gasteiger partial charge < -0.3 is 9.47 Å². The summed E-state index contributed by atoms with van der Waals surface area (Å²) >= 11 is 0. The molecular weight excluding hydrogens is 643 g/mol. The molecule has 248 valence electrons. The molecule has 2 atom stereocenters. The summed E-state index contributed by atoms with van der Waals surface area (Å²) in [6.45, 7) is 0. The number of amidine groups is 1. The van der Waals surface area contributed by atoms with E-state index >= 15 is 0 Å². The van der Waals surface area contributed by atoms with E-state index < -0.39 is 5.41 Å². The summed E-state index contributed by atoms with van der Waals surface area (Å²) in [6.07, 6.45) is 8.74. The van der Waals surface area contributed by atoms with Crippen LogP contribution in [0.25, 0.3) is 49.7 Å². The Morgan fingerprint density at radius 2 is 1.13 bits per heavy atom. The van der Waals surface area contributed by atoms with Gasteiger partial charge in [-0.05, 0) is 74.8 Å². The number of anilines is 1. The van der Waals surface area contributed by atoms with E-state index in [1.807, 2.05) is 0 Å². The monoisotopic (exact) mass is 675 g/mol. The molecule has 0 bridgehead atoms. The molecule has 1 aromatic heterocycles. The van der Waals surface area contributed by atoms with E-state index in [0.29, 0.717) is 0 Å². The largest absolute Gasteiger partial charge is 0.317 e. The average molecular weight is 676 g/mol. The Morgan fingerprint density at radius 1 is 0.491 bits per heavy atom. The van der Waals surface area contributed by atoms with Gasteiger partial charge >= 0.3 is 0 Å². The van der Waals surface area contributed by atoms with Crippen molar-refractivity contribution in [3.8, 4) is 27.9 Å². The molecule has 0 N–H and O–H groups in total. The minimum absolute atomic E-state index is 0.1000. The van der Waals surface area contributed by atoms with Crippen molar-refractivity contribution in [1.82, 2.24) is 4.57 Å². The van der Waals surface area contributed by atoms with Gasteiger partial charge in [0.1, 0.15) is 5.84 Å². The molecule has 2 aliphatic carbocycles. The van der Waals surface area contributed by atoms with Gasteiger partial charge in [0, 0.05) is 22.0 Å². The highest BCUT2D eigenvalue weighted by Gasteiger charge is 2.50. The molecule has 4 aliphatic rings. The molecule has 2 aliphatic heterocycles. The molecule has 12 rings (SSSR count). The van der Waals surface area contributed by atoms with E-state index in [1.165, 1.54) is 72.0 Å². The van der Waals surface area contributed by atoms with Gasteiger partial charge in [-0.15, -0.1) is 0 Å². The van der Waals surface area contributed by atoms with Gasteiger partial charge in [0.2, 0.25) is 0 Å². The third-order valence-corrected chi connectivity index (χ3v) is 12.1. The third kappa shape index (κ3) is 3.76. The molecule has 7 aromatic carbocycles. The van der Waals surface area contributed by atoms with Crippen molar-refractivity contribution in [2.75, 3.05) is 4.90 Å². The molecule has 1 spiro atoms. The average Bonchev–Trinajstić information content (AvgIpc) is 3.88. The van der Waals surface area contributed by atoms with Gasteiger partial charge in [0.25, 0.3) is 0 Å². The first kappa shape index (κ1) is 28.9. The van der Waals surface area contributed by atoms with Gasteiger partial charge in [-0.25, -0.2) is 0 Å². The number of aromatic nitrogens is 1. The number of fused-ring (bicyclic) bond motifs is 13. The predicted molar refractivity (Wildman–Crippen MR) is 218 cm³/mol. The van der Waals surface area contributed by atoms with Crippen LogP contribution < -0.4 is 4.90 Å². The number of benzene rings is 7. The highest BCUT2D eigenvalue weighted by molar-refractivity contribution is 6.14. The molecule has 2 unspecified atom stereocenters. The van der Waals surface area contributed by atoms with Crippen molar-refractivity contribution < 1.29 is 0 Å². The van der Waals surface area contributed by atoms with Crippen LogP contribution in [0.2, 0.25) is 0 Å². The molecule has 8 aromatic rings. The Balaban J connectivity index is 1.07. The number of aliphatic imine (C=N–C) groups is 1. The first-order valence-corrected chi connectivity index (χ1v) is 18.6. The summed E-state index contributed by atoms with van der Waals surface area (Å²) in [5, 5.41) is 2.59. The molecular formula is C50H33N3. The van der Waals surface area contributed by atoms with E-state index in [0.717, 1.165) is 17.1 Å². The number of hydrogen-bond donors (Lipinski definition) is 0. The third-order valence-electron chi connectivity index (χ3n) is 12.1. The molecule has 0 saturated carbocycles. The van der Waals surface area contributed by atoms with E-state index in [9.17, 15) is 0 Å². The molecule has 3 nitrogen and oxygen atoms in total. The lowest BCUT2D eigenvalue weighted by atomic mass is 9.65. The number of allylic oxidation sites excluding steroid dienone is 2. The Hall–Kier alpha value is -6.71. The van der Waals surface area contributed by atoms with Crippen LogP contribution in [0.15, 0.2) is 193 Å². The second kappa shape index (κ2) is 10.7. The second-order valence-electron chi connectivity index (χ2n) is 14.6. The Morgan fingerprint density at radius 3 is 1.94 bits per heavy atom. The second-order valence-corrected chi connectivity index (χ2v) is 14.6. The maximum absolute atomic E-state index is 5.25. The minimum Gasteiger partial charge on any atom is -0.317 e. The molecule has 3 heteroatoms. The Labute approximate surface area is 308 Å². The lowest BCUT2D eigenvalue weighted by Gasteiger charge is -2.40. The molecule has 0 fully saturated rings. The fourth-order valence-corrected chi connectivity index (χ4v) is 9.94. The number of nitrogens with zero attached hydrogens (tertiary/aromatic N) is 3. The van der Waals surface area contributed by atoms with Crippen molar-refractivity contribution in [1.29, 1.82) is 0 Å². The van der Waals surface area contributed by atoms with Crippen LogP contribution in [0.1, 0.15) is 27.8 Å². The maximum atomic E-state index is 5.25. The van der Waals surface area contributed by atoms with Crippen molar-refractivity contribution in [3.05, 3.63) is 216 Å². The summed E-state index contributed by atoms with van der Waals surface area (Å²) in [4.78, 5) is 7.64.